The van der Waals surface area contributed by atoms with Gasteiger partial charge in [0, 0.05) is 5.56 Å². The van der Waals surface area contributed by atoms with Crippen LogP contribution in [-0.2, 0) is 10.2 Å². The van der Waals surface area contributed by atoms with Crippen LogP contribution in [0.4, 0.5) is 15.8 Å². The van der Waals surface area contributed by atoms with Gasteiger partial charge in [-0.05, 0) is 62.2 Å². The second-order valence-corrected chi connectivity index (χ2v) is 6.11. The number of halogens is 1. The number of benzene rings is 2. The summed E-state index contributed by atoms with van der Waals surface area (Å²) < 4.78 is 14.2. The quantitative estimate of drug-likeness (QED) is 0.788. The van der Waals surface area contributed by atoms with Gasteiger partial charge in [-0.25, -0.2) is 4.39 Å². The smallest absolute Gasteiger partial charge is 0.241 e. The molecule has 0 saturated carbocycles. The lowest BCUT2D eigenvalue weighted by Gasteiger charge is -2.21. The number of aryl methyl sites for hydroxylation is 1. The Hall–Kier alpha value is -2.49. The molecule has 3 nitrogen and oxygen atoms in total. The summed E-state index contributed by atoms with van der Waals surface area (Å²) in [6.07, 6.45) is 0.747. The van der Waals surface area contributed by atoms with Crippen molar-refractivity contribution in [2.24, 2.45) is 0 Å². The maximum absolute atomic E-state index is 14.2. The number of amides is 1. The first kappa shape index (κ1) is 14.4. The normalized spacial score (nSPS) is 15.8. The molecule has 0 bridgehead atoms. The van der Waals surface area contributed by atoms with Gasteiger partial charge in [0.1, 0.15) is 12.1 Å². The van der Waals surface area contributed by atoms with E-state index in [0.717, 1.165) is 17.4 Å². The number of carbonyl (C=O) groups excluding carboxylic acids is 2. The number of carbonyl (C=O) groups is 2. The summed E-state index contributed by atoms with van der Waals surface area (Å²) in [4.78, 5) is 25.2. The van der Waals surface area contributed by atoms with Gasteiger partial charge >= 0.3 is 0 Å². The molecule has 1 amide bonds. The van der Waals surface area contributed by atoms with Crippen LogP contribution in [0.5, 0.6) is 0 Å². The van der Waals surface area contributed by atoms with E-state index >= 15 is 0 Å². The zero-order valence-corrected chi connectivity index (χ0v) is 12.7. The zero-order chi connectivity index (χ0) is 16.1. The predicted octanol–water partition coefficient (Wildman–Crippen LogP) is 3.90. The molecule has 2 aromatic carbocycles. The van der Waals surface area contributed by atoms with Gasteiger partial charge < -0.3 is 0 Å². The number of anilines is 2. The van der Waals surface area contributed by atoms with Gasteiger partial charge in [0.15, 0.2) is 0 Å². The average Bonchev–Trinajstić information content (AvgIpc) is 2.69. The summed E-state index contributed by atoms with van der Waals surface area (Å²) in [7, 11) is 0. The van der Waals surface area contributed by atoms with Gasteiger partial charge in [-0.15, -0.1) is 0 Å². The van der Waals surface area contributed by atoms with E-state index in [1.807, 2.05) is 6.92 Å². The second kappa shape index (κ2) is 4.77. The molecule has 0 radical (unpaired) electrons. The Bertz CT molecular complexity index is 796. The van der Waals surface area contributed by atoms with Crippen molar-refractivity contribution >= 4 is 23.6 Å². The number of hydrogen-bond acceptors (Lipinski definition) is 2. The number of hydrogen-bond donors (Lipinski definition) is 0. The van der Waals surface area contributed by atoms with E-state index in [2.05, 4.69) is 0 Å². The summed E-state index contributed by atoms with van der Waals surface area (Å²) in [6.45, 7) is 5.43. The molecule has 1 heterocycles. The third-order valence-electron chi connectivity index (χ3n) is 4.15. The molecular weight excluding hydrogens is 281 g/mol. The molecule has 0 aromatic heterocycles. The third-order valence-corrected chi connectivity index (χ3v) is 4.15. The minimum Gasteiger partial charge on any atom is -0.298 e. The fourth-order valence-electron chi connectivity index (χ4n) is 2.86. The van der Waals surface area contributed by atoms with Crippen molar-refractivity contribution in [3.63, 3.8) is 0 Å². The van der Waals surface area contributed by atoms with Crippen molar-refractivity contribution < 1.29 is 14.0 Å². The van der Waals surface area contributed by atoms with Crippen LogP contribution in [0.3, 0.4) is 0 Å². The van der Waals surface area contributed by atoms with Gasteiger partial charge in [-0.2, -0.15) is 0 Å². The number of aldehydes is 1. The molecule has 0 spiro atoms. The fourth-order valence-corrected chi connectivity index (χ4v) is 2.86. The molecule has 0 atom stereocenters. The van der Waals surface area contributed by atoms with Crippen LogP contribution in [0.2, 0.25) is 0 Å². The van der Waals surface area contributed by atoms with Crippen molar-refractivity contribution in [3.8, 4) is 0 Å². The van der Waals surface area contributed by atoms with Crippen LogP contribution in [0.25, 0.3) is 0 Å². The van der Waals surface area contributed by atoms with Crippen LogP contribution in [0, 0.1) is 12.7 Å². The minimum atomic E-state index is -0.801. The van der Waals surface area contributed by atoms with Crippen molar-refractivity contribution in [1.82, 2.24) is 0 Å². The molecular formula is C18H16FNO2. The Kier molecular flexibility index (Phi) is 3.13. The van der Waals surface area contributed by atoms with Gasteiger partial charge in [0.2, 0.25) is 5.91 Å². The molecule has 0 unspecified atom stereocenters. The first-order valence-electron chi connectivity index (χ1n) is 7.06. The van der Waals surface area contributed by atoms with E-state index in [4.69, 9.17) is 0 Å². The van der Waals surface area contributed by atoms with E-state index in [0.29, 0.717) is 11.3 Å². The minimum absolute atomic E-state index is 0.199. The molecule has 1 aliphatic heterocycles. The summed E-state index contributed by atoms with van der Waals surface area (Å²) in [5.74, 6) is -0.642. The van der Waals surface area contributed by atoms with Crippen molar-refractivity contribution in [2.75, 3.05) is 4.90 Å². The number of nitrogens with zero attached hydrogens (tertiary/aromatic N) is 1. The first-order chi connectivity index (χ1) is 10.4. The lowest BCUT2D eigenvalue weighted by Crippen LogP contribution is -2.33. The largest absolute Gasteiger partial charge is 0.298 e. The Morgan fingerprint density at radius 2 is 1.82 bits per heavy atom. The van der Waals surface area contributed by atoms with Crippen LogP contribution >= 0.6 is 0 Å². The van der Waals surface area contributed by atoms with E-state index in [9.17, 15) is 14.0 Å². The first-order valence-corrected chi connectivity index (χ1v) is 7.06. The van der Waals surface area contributed by atoms with Crippen LogP contribution < -0.4 is 4.90 Å². The summed E-state index contributed by atoms with van der Waals surface area (Å²) >= 11 is 0. The Morgan fingerprint density at radius 1 is 1.09 bits per heavy atom. The molecule has 112 valence electrons. The molecule has 4 heteroatoms. The maximum atomic E-state index is 14.2. The summed E-state index contributed by atoms with van der Waals surface area (Å²) in [5, 5.41) is 0. The molecule has 1 aliphatic rings. The zero-order valence-electron chi connectivity index (χ0n) is 12.7. The van der Waals surface area contributed by atoms with E-state index in [1.54, 1.807) is 44.2 Å². The van der Waals surface area contributed by atoms with Crippen LogP contribution in [0.1, 0.15) is 35.3 Å². The highest BCUT2D eigenvalue weighted by Gasteiger charge is 2.45. The maximum Gasteiger partial charge on any atom is 0.241 e. The highest BCUT2D eigenvalue weighted by Crippen LogP contribution is 2.46. The van der Waals surface area contributed by atoms with Crippen LogP contribution in [0.15, 0.2) is 36.4 Å². The van der Waals surface area contributed by atoms with Crippen LogP contribution in [-0.4, -0.2) is 12.2 Å². The third kappa shape index (κ3) is 1.95. The van der Waals surface area contributed by atoms with Gasteiger partial charge in [-0.3, -0.25) is 14.5 Å². The lowest BCUT2D eigenvalue weighted by atomic mass is 9.85. The lowest BCUT2D eigenvalue weighted by molar-refractivity contribution is -0.121. The van der Waals surface area contributed by atoms with Gasteiger partial charge in [0.05, 0.1) is 16.8 Å². The monoisotopic (exact) mass is 297 g/mol. The van der Waals surface area contributed by atoms with Crippen molar-refractivity contribution in [2.45, 2.75) is 26.2 Å². The van der Waals surface area contributed by atoms with Gasteiger partial charge in [-0.1, -0.05) is 6.07 Å². The molecule has 22 heavy (non-hydrogen) atoms. The molecule has 0 fully saturated rings. The topological polar surface area (TPSA) is 37.4 Å². The van der Waals surface area contributed by atoms with Crippen molar-refractivity contribution in [1.29, 1.82) is 0 Å². The second-order valence-electron chi connectivity index (χ2n) is 6.11. The average molecular weight is 297 g/mol. The predicted molar refractivity (Wildman–Crippen MR) is 83.1 cm³/mol. The standard InChI is InChI=1S/C18H16FNO2/c1-11-4-6-14(19)16(8-11)20-15-7-5-12(10-21)9-13(15)18(2,3)17(20)22/h4-10H,1-3H3. The molecule has 3 rings (SSSR count). The molecule has 0 N–H and O–H groups in total. The van der Waals surface area contributed by atoms with E-state index in [1.165, 1.54) is 11.0 Å². The van der Waals surface area contributed by atoms with E-state index in [-0.39, 0.29) is 11.6 Å². The van der Waals surface area contributed by atoms with E-state index < -0.39 is 11.2 Å². The Morgan fingerprint density at radius 3 is 2.50 bits per heavy atom. The summed E-state index contributed by atoms with van der Waals surface area (Å²) in [6, 6.07) is 9.73. The number of rotatable bonds is 2. The Balaban J connectivity index is 2.25. The van der Waals surface area contributed by atoms with Gasteiger partial charge in [0.25, 0.3) is 0 Å². The SMILES string of the molecule is Cc1ccc(F)c(N2C(=O)C(C)(C)c3cc(C=O)ccc32)c1. The van der Waals surface area contributed by atoms with Crippen molar-refractivity contribution in [3.05, 3.63) is 58.9 Å². The molecule has 0 aliphatic carbocycles. The fraction of sp³-hybridized carbons (Fsp3) is 0.222. The number of fused-ring (bicyclic) bond motifs is 1. The summed E-state index contributed by atoms with van der Waals surface area (Å²) in [5.41, 5.74) is 2.19. The highest BCUT2D eigenvalue weighted by molar-refractivity contribution is 6.13. The highest BCUT2D eigenvalue weighted by atomic mass is 19.1. The Labute approximate surface area is 128 Å². The molecule has 0 saturated heterocycles. The molecule has 2 aromatic rings.